The molecule has 0 fully saturated rings. The Labute approximate surface area is 142 Å². The number of benzene rings is 2. The second kappa shape index (κ2) is 7.43. The molecular weight excluding hydrogens is 302 g/mol. The maximum absolute atomic E-state index is 6.04. The quantitative estimate of drug-likeness (QED) is 0.529. The summed E-state index contributed by atoms with van der Waals surface area (Å²) in [6, 6.07) is 18.6. The Kier molecular flexibility index (Phi) is 5.09. The zero-order valence-corrected chi connectivity index (χ0v) is 14.1. The van der Waals surface area contributed by atoms with Crippen molar-refractivity contribution in [1.82, 2.24) is 4.98 Å². The lowest BCUT2D eigenvalue weighted by Crippen LogP contribution is -1.86. The normalized spacial score (nSPS) is 11.4. The highest BCUT2D eigenvalue weighted by atomic mass is 35.5. The molecule has 23 heavy (non-hydrogen) atoms. The lowest BCUT2D eigenvalue weighted by atomic mass is 10.0. The van der Waals surface area contributed by atoms with Crippen LogP contribution in [0.3, 0.4) is 0 Å². The molecule has 3 aromatic rings. The first-order valence-electron chi connectivity index (χ1n) is 8.08. The zero-order chi connectivity index (χ0) is 16.1. The molecule has 0 amide bonds. The number of nitrogens with zero attached hydrogens (tertiary/aromatic N) is 1. The minimum absolute atomic E-state index is 0.717. The van der Waals surface area contributed by atoms with Gasteiger partial charge in [0.1, 0.15) is 0 Å². The highest BCUT2D eigenvalue weighted by molar-refractivity contribution is 6.31. The van der Waals surface area contributed by atoms with E-state index in [1.165, 1.54) is 24.0 Å². The van der Waals surface area contributed by atoms with E-state index in [9.17, 15) is 0 Å². The minimum Gasteiger partial charge on any atom is -0.248 e. The van der Waals surface area contributed by atoms with Gasteiger partial charge in [0.15, 0.2) is 0 Å². The van der Waals surface area contributed by atoms with Gasteiger partial charge in [0.2, 0.25) is 0 Å². The second-order valence-corrected chi connectivity index (χ2v) is 6.19. The molecule has 0 bridgehead atoms. The Balaban J connectivity index is 1.82. The number of pyridine rings is 1. The van der Waals surface area contributed by atoms with Crippen molar-refractivity contribution < 1.29 is 0 Å². The van der Waals surface area contributed by atoms with E-state index in [-0.39, 0.29) is 0 Å². The summed E-state index contributed by atoms with van der Waals surface area (Å²) in [6.07, 6.45) is 7.78. The van der Waals surface area contributed by atoms with Crippen LogP contribution in [0.4, 0.5) is 0 Å². The van der Waals surface area contributed by atoms with Crippen LogP contribution in [0.1, 0.15) is 36.6 Å². The molecule has 0 aliphatic carbocycles. The predicted octanol–water partition coefficient (Wildman–Crippen LogP) is 6.40. The van der Waals surface area contributed by atoms with E-state index >= 15 is 0 Å². The SMILES string of the molecule is CCCCc1cccc(/C=C/c2ccc3ccc(Cl)cc3n2)c1. The summed E-state index contributed by atoms with van der Waals surface area (Å²) in [7, 11) is 0. The van der Waals surface area contributed by atoms with Gasteiger partial charge in [0.05, 0.1) is 11.2 Å². The molecule has 0 saturated carbocycles. The van der Waals surface area contributed by atoms with Crippen molar-refractivity contribution in [2.45, 2.75) is 26.2 Å². The number of halogens is 1. The standard InChI is InChI=1S/C21H20ClN/c1-2-3-5-16-6-4-7-17(14-16)8-12-20-13-10-18-9-11-19(22)15-21(18)23-20/h4,6-15H,2-3,5H2,1H3/b12-8+. The Bertz CT molecular complexity index is 836. The van der Waals surface area contributed by atoms with Gasteiger partial charge in [-0.3, -0.25) is 0 Å². The van der Waals surface area contributed by atoms with Crippen molar-refractivity contribution in [3.8, 4) is 0 Å². The fraction of sp³-hybridized carbons (Fsp3) is 0.190. The van der Waals surface area contributed by atoms with Gasteiger partial charge in [-0.15, -0.1) is 0 Å². The number of hydrogen-bond donors (Lipinski definition) is 0. The molecule has 0 spiro atoms. The fourth-order valence-corrected chi connectivity index (χ4v) is 2.78. The van der Waals surface area contributed by atoms with Gasteiger partial charge in [-0.25, -0.2) is 4.98 Å². The Morgan fingerprint density at radius 3 is 2.74 bits per heavy atom. The third-order valence-electron chi connectivity index (χ3n) is 3.89. The van der Waals surface area contributed by atoms with Gasteiger partial charge in [-0.2, -0.15) is 0 Å². The van der Waals surface area contributed by atoms with Crippen molar-refractivity contribution in [3.63, 3.8) is 0 Å². The molecule has 0 N–H and O–H groups in total. The zero-order valence-electron chi connectivity index (χ0n) is 13.3. The van der Waals surface area contributed by atoms with E-state index in [2.05, 4.69) is 54.4 Å². The molecule has 116 valence electrons. The molecule has 0 atom stereocenters. The molecule has 0 saturated heterocycles. The van der Waals surface area contributed by atoms with Crippen molar-refractivity contribution in [2.75, 3.05) is 0 Å². The van der Waals surface area contributed by atoms with Crippen LogP contribution in [0, 0.1) is 0 Å². The minimum atomic E-state index is 0.717. The molecule has 1 aromatic heterocycles. The summed E-state index contributed by atoms with van der Waals surface area (Å²) in [4.78, 5) is 4.65. The fourth-order valence-electron chi connectivity index (χ4n) is 2.61. The van der Waals surface area contributed by atoms with Gasteiger partial charge < -0.3 is 0 Å². The first-order valence-corrected chi connectivity index (χ1v) is 8.46. The van der Waals surface area contributed by atoms with E-state index in [1.54, 1.807) is 0 Å². The summed E-state index contributed by atoms with van der Waals surface area (Å²) in [6.45, 7) is 2.22. The van der Waals surface area contributed by atoms with E-state index in [4.69, 9.17) is 11.6 Å². The maximum Gasteiger partial charge on any atom is 0.0724 e. The first kappa shape index (κ1) is 15.8. The third-order valence-corrected chi connectivity index (χ3v) is 4.13. The summed E-state index contributed by atoms with van der Waals surface area (Å²) in [5.41, 5.74) is 4.48. The van der Waals surface area contributed by atoms with Gasteiger partial charge in [-0.1, -0.05) is 67.4 Å². The van der Waals surface area contributed by atoms with Gasteiger partial charge in [0.25, 0.3) is 0 Å². The number of unbranched alkanes of at least 4 members (excludes halogenated alkanes) is 1. The van der Waals surface area contributed by atoms with Crippen LogP contribution >= 0.6 is 11.6 Å². The summed E-state index contributed by atoms with van der Waals surface area (Å²) in [5.74, 6) is 0. The van der Waals surface area contributed by atoms with Gasteiger partial charge in [-0.05, 0) is 48.2 Å². The predicted molar refractivity (Wildman–Crippen MR) is 101 cm³/mol. The van der Waals surface area contributed by atoms with Crippen molar-refractivity contribution in [1.29, 1.82) is 0 Å². The lowest BCUT2D eigenvalue weighted by Gasteiger charge is -2.02. The van der Waals surface area contributed by atoms with Crippen LogP contribution in [0.2, 0.25) is 5.02 Å². The van der Waals surface area contributed by atoms with Crippen LogP contribution in [0.5, 0.6) is 0 Å². The highest BCUT2D eigenvalue weighted by Crippen LogP contribution is 2.19. The van der Waals surface area contributed by atoms with Crippen LogP contribution in [-0.4, -0.2) is 4.98 Å². The van der Waals surface area contributed by atoms with E-state index in [1.807, 2.05) is 24.3 Å². The van der Waals surface area contributed by atoms with Crippen LogP contribution < -0.4 is 0 Å². The number of hydrogen-bond acceptors (Lipinski definition) is 1. The second-order valence-electron chi connectivity index (χ2n) is 5.76. The third kappa shape index (κ3) is 4.20. The summed E-state index contributed by atoms with van der Waals surface area (Å²) >= 11 is 6.04. The molecular formula is C21H20ClN. The molecule has 0 unspecified atom stereocenters. The number of rotatable bonds is 5. The largest absolute Gasteiger partial charge is 0.248 e. The van der Waals surface area contributed by atoms with Crippen LogP contribution in [0.15, 0.2) is 54.6 Å². The molecule has 0 aliphatic rings. The van der Waals surface area contributed by atoms with E-state index < -0.39 is 0 Å². The first-order chi connectivity index (χ1) is 11.2. The van der Waals surface area contributed by atoms with Gasteiger partial charge in [0, 0.05) is 10.4 Å². The van der Waals surface area contributed by atoms with Crippen LogP contribution in [-0.2, 0) is 6.42 Å². The van der Waals surface area contributed by atoms with Crippen molar-refractivity contribution >= 4 is 34.7 Å². The molecule has 0 aliphatic heterocycles. The number of aryl methyl sites for hydroxylation is 1. The van der Waals surface area contributed by atoms with Gasteiger partial charge >= 0.3 is 0 Å². The average molecular weight is 322 g/mol. The maximum atomic E-state index is 6.04. The summed E-state index contributed by atoms with van der Waals surface area (Å²) in [5, 5.41) is 1.82. The number of fused-ring (bicyclic) bond motifs is 1. The highest BCUT2D eigenvalue weighted by Gasteiger charge is 1.98. The monoisotopic (exact) mass is 321 g/mol. The van der Waals surface area contributed by atoms with Crippen molar-refractivity contribution in [2.24, 2.45) is 0 Å². The van der Waals surface area contributed by atoms with E-state index in [0.29, 0.717) is 0 Å². The Morgan fingerprint density at radius 1 is 1.00 bits per heavy atom. The topological polar surface area (TPSA) is 12.9 Å². The summed E-state index contributed by atoms with van der Waals surface area (Å²) < 4.78 is 0. The molecule has 1 nitrogen and oxygen atoms in total. The number of aromatic nitrogens is 1. The molecule has 3 rings (SSSR count). The molecule has 0 radical (unpaired) electrons. The average Bonchev–Trinajstić information content (AvgIpc) is 2.58. The smallest absolute Gasteiger partial charge is 0.0724 e. The van der Waals surface area contributed by atoms with Crippen molar-refractivity contribution in [3.05, 3.63) is 76.4 Å². The molecule has 2 aromatic carbocycles. The Morgan fingerprint density at radius 2 is 1.87 bits per heavy atom. The van der Waals surface area contributed by atoms with E-state index in [0.717, 1.165) is 28.0 Å². The molecule has 2 heteroatoms. The van der Waals surface area contributed by atoms with Crippen LogP contribution in [0.25, 0.3) is 23.1 Å². The lowest BCUT2D eigenvalue weighted by molar-refractivity contribution is 0.795. The molecule has 1 heterocycles. The Hall–Kier alpha value is -2.12.